The molecular formula is C26H31F4N5O2. The van der Waals surface area contributed by atoms with Crippen LogP contribution < -0.4 is 10.2 Å². The van der Waals surface area contributed by atoms with E-state index in [2.05, 4.69) is 20.1 Å². The quantitative estimate of drug-likeness (QED) is 0.612. The number of aliphatic imine (C=N–C) groups is 1. The summed E-state index contributed by atoms with van der Waals surface area (Å²) in [5, 5.41) is 2.61. The van der Waals surface area contributed by atoms with E-state index in [1.54, 1.807) is 0 Å². The van der Waals surface area contributed by atoms with Crippen LogP contribution in [-0.4, -0.2) is 86.4 Å². The smallest absolute Gasteiger partial charge is 0.367 e. The minimum atomic E-state index is -4.89. The minimum absolute atomic E-state index is 0.128. The summed E-state index contributed by atoms with van der Waals surface area (Å²) in [5.74, 6) is -4.32. The SMILES string of the molecule is C[C@@H]1CN(c2cc(F)c(C3=CCN(C)CC3)cc2NC(=O)C2C=NC(=O)C=C2C(F)(F)F)C[C@H](C)N1C. The molecule has 0 bridgehead atoms. The van der Waals surface area contributed by atoms with E-state index in [1.165, 1.54) is 12.1 Å². The number of dihydropyridines is 1. The van der Waals surface area contributed by atoms with Crippen LogP contribution in [0.3, 0.4) is 0 Å². The zero-order valence-electron chi connectivity index (χ0n) is 21.3. The highest BCUT2D eigenvalue weighted by Gasteiger charge is 2.43. The highest BCUT2D eigenvalue weighted by atomic mass is 19.4. The van der Waals surface area contributed by atoms with Gasteiger partial charge in [0.25, 0.3) is 5.91 Å². The number of hydrogen-bond donors (Lipinski definition) is 1. The normalized spacial score (nSPS) is 25.7. The van der Waals surface area contributed by atoms with E-state index in [4.69, 9.17) is 0 Å². The Bertz CT molecular complexity index is 1160. The van der Waals surface area contributed by atoms with Crippen LogP contribution in [0.5, 0.6) is 0 Å². The fourth-order valence-corrected chi connectivity index (χ4v) is 4.95. The summed E-state index contributed by atoms with van der Waals surface area (Å²) < 4.78 is 56.3. The summed E-state index contributed by atoms with van der Waals surface area (Å²) in [6.07, 6.45) is -1.32. The second-order valence-corrected chi connectivity index (χ2v) is 10.0. The van der Waals surface area contributed by atoms with E-state index in [9.17, 15) is 22.8 Å². The Kier molecular flexibility index (Phi) is 7.57. The van der Waals surface area contributed by atoms with Crippen LogP contribution in [-0.2, 0) is 9.59 Å². The number of carbonyl (C=O) groups excluding carboxylic acids is 2. The van der Waals surface area contributed by atoms with Crippen molar-refractivity contribution in [2.24, 2.45) is 10.9 Å². The molecule has 0 aliphatic carbocycles. The number of benzene rings is 1. The van der Waals surface area contributed by atoms with E-state index in [0.29, 0.717) is 49.6 Å². The van der Waals surface area contributed by atoms with Crippen LogP contribution in [0.1, 0.15) is 25.8 Å². The average Bonchev–Trinajstić information content (AvgIpc) is 2.83. The Morgan fingerprint density at radius 3 is 2.41 bits per heavy atom. The molecule has 200 valence electrons. The van der Waals surface area contributed by atoms with Gasteiger partial charge in [-0.25, -0.2) is 9.38 Å². The number of amides is 2. The molecule has 0 saturated carbocycles. The molecule has 11 heteroatoms. The second-order valence-electron chi connectivity index (χ2n) is 10.0. The van der Waals surface area contributed by atoms with Gasteiger partial charge in [0, 0.05) is 56.1 Å². The van der Waals surface area contributed by atoms with Crippen molar-refractivity contribution < 1.29 is 27.2 Å². The van der Waals surface area contributed by atoms with Crippen LogP contribution in [0.4, 0.5) is 28.9 Å². The molecule has 7 nitrogen and oxygen atoms in total. The van der Waals surface area contributed by atoms with Gasteiger partial charge in [-0.3, -0.25) is 14.5 Å². The summed E-state index contributed by atoms with van der Waals surface area (Å²) >= 11 is 0. The maximum atomic E-state index is 15.5. The van der Waals surface area contributed by atoms with Crippen molar-refractivity contribution in [3.05, 3.63) is 41.2 Å². The molecule has 3 aliphatic rings. The van der Waals surface area contributed by atoms with Gasteiger partial charge in [-0.15, -0.1) is 0 Å². The number of carbonyl (C=O) groups is 2. The molecule has 1 unspecified atom stereocenters. The van der Waals surface area contributed by atoms with Crippen molar-refractivity contribution in [1.29, 1.82) is 0 Å². The molecule has 3 atom stereocenters. The second kappa shape index (κ2) is 10.4. The first kappa shape index (κ1) is 27.0. The predicted molar refractivity (Wildman–Crippen MR) is 135 cm³/mol. The number of halogens is 4. The van der Waals surface area contributed by atoms with E-state index >= 15 is 4.39 Å². The van der Waals surface area contributed by atoms with E-state index < -0.39 is 35.3 Å². The molecule has 3 heterocycles. The van der Waals surface area contributed by atoms with Gasteiger partial charge in [0.1, 0.15) is 11.7 Å². The molecule has 37 heavy (non-hydrogen) atoms. The van der Waals surface area contributed by atoms with Crippen LogP contribution in [0.25, 0.3) is 5.57 Å². The highest BCUT2D eigenvalue weighted by molar-refractivity contribution is 6.11. The van der Waals surface area contributed by atoms with E-state index in [-0.39, 0.29) is 17.8 Å². The molecule has 1 aromatic carbocycles. The van der Waals surface area contributed by atoms with Crippen molar-refractivity contribution in [3.63, 3.8) is 0 Å². The lowest BCUT2D eigenvalue weighted by Gasteiger charge is -2.44. The number of piperazine rings is 1. The molecule has 3 aliphatic heterocycles. The summed E-state index contributed by atoms with van der Waals surface area (Å²) in [6, 6.07) is 3.12. The molecule has 4 rings (SSSR count). The van der Waals surface area contributed by atoms with E-state index in [1.807, 2.05) is 38.9 Å². The minimum Gasteiger partial charge on any atom is -0.367 e. The van der Waals surface area contributed by atoms with Crippen molar-refractivity contribution in [1.82, 2.24) is 9.80 Å². The van der Waals surface area contributed by atoms with Crippen molar-refractivity contribution in [2.75, 3.05) is 50.5 Å². The van der Waals surface area contributed by atoms with Gasteiger partial charge >= 0.3 is 6.18 Å². The molecule has 0 radical (unpaired) electrons. The van der Waals surface area contributed by atoms with Crippen LogP contribution >= 0.6 is 0 Å². The summed E-state index contributed by atoms with van der Waals surface area (Å²) in [6.45, 7) is 6.52. The lowest BCUT2D eigenvalue weighted by atomic mass is 9.95. The Labute approximate surface area is 213 Å². The van der Waals surface area contributed by atoms with E-state index in [0.717, 1.165) is 12.1 Å². The lowest BCUT2D eigenvalue weighted by molar-refractivity contribution is -0.124. The Hall–Kier alpha value is -3.05. The topological polar surface area (TPSA) is 68.2 Å². The zero-order chi connectivity index (χ0) is 27.1. The summed E-state index contributed by atoms with van der Waals surface area (Å²) in [4.78, 5) is 34.3. The van der Waals surface area contributed by atoms with Crippen LogP contribution in [0.15, 0.2) is 34.9 Å². The van der Waals surface area contributed by atoms with Gasteiger partial charge in [0.05, 0.1) is 16.9 Å². The molecule has 1 fully saturated rings. The average molecular weight is 522 g/mol. The van der Waals surface area contributed by atoms with Gasteiger partial charge in [-0.05, 0) is 52.1 Å². The first-order valence-electron chi connectivity index (χ1n) is 12.2. The predicted octanol–water partition coefficient (Wildman–Crippen LogP) is 3.73. The third-order valence-corrected chi connectivity index (χ3v) is 7.38. The summed E-state index contributed by atoms with van der Waals surface area (Å²) in [7, 11) is 3.95. The molecule has 2 amide bonds. The molecule has 1 N–H and O–H groups in total. The fraction of sp³-hybridized carbons (Fsp3) is 0.500. The number of alkyl halides is 3. The first-order valence-corrected chi connectivity index (χ1v) is 12.2. The molecule has 0 spiro atoms. The van der Waals surface area contributed by atoms with Gasteiger partial charge in [0.15, 0.2) is 0 Å². The summed E-state index contributed by atoms with van der Waals surface area (Å²) in [5.41, 5.74) is 0.418. The Morgan fingerprint density at radius 2 is 1.81 bits per heavy atom. The maximum absolute atomic E-state index is 15.5. The third-order valence-electron chi connectivity index (χ3n) is 7.38. The Morgan fingerprint density at radius 1 is 1.14 bits per heavy atom. The van der Waals surface area contributed by atoms with Gasteiger partial charge in [-0.2, -0.15) is 13.2 Å². The van der Waals surface area contributed by atoms with Gasteiger partial charge in [-0.1, -0.05) is 6.08 Å². The monoisotopic (exact) mass is 521 g/mol. The molecular weight excluding hydrogens is 490 g/mol. The van der Waals surface area contributed by atoms with Crippen molar-refractivity contribution in [2.45, 2.75) is 38.5 Å². The first-order chi connectivity index (χ1) is 17.3. The third kappa shape index (κ3) is 5.77. The zero-order valence-corrected chi connectivity index (χ0v) is 21.3. The fourth-order valence-electron chi connectivity index (χ4n) is 4.95. The number of likely N-dealkylation sites (N-methyl/N-ethyl adjacent to an activating group) is 2. The van der Waals surface area contributed by atoms with Crippen molar-refractivity contribution in [3.8, 4) is 0 Å². The van der Waals surface area contributed by atoms with Gasteiger partial charge < -0.3 is 15.1 Å². The standard InChI is InChI=1S/C26H31F4N5O2/c1-15-13-35(14-16(2)34(15)4)23-11-21(27)18(17-5-7-33(3)8-6-17)9-22(23)32-25(37)19-12-31-24(36)10-20(19)26(28,29)30/h5,9-12,15-16,19H,6-8,13-14H2,1-4H3,(H,32,37)/t15-,16+,19?. The number of anilines is 2. The highest BCUT2D eigenvalue weighted by Crippen LogP contribution is 2.38. The number of hydrogen-bond acceptors (Lipinski definition) is 5. The van der Waals surface area contributed by atoms with Crippen LogP contribution in [0.2, 0.25) is 0 Å². The molecule has 0 aromatic heterocycles. The maximum Gasteiger partial charge on any atom is 0.414 e. The number of nitrogens with zero attached hydrogens (tertiary/aromatic N) is 4. The van der Waals surface area contributed by atoms with Gasteiger partial charge in [0.2, 0.25) is 5.91 Å². The Balaban J connectivity index is 1.73. The number of rotatable bonds is 4. The van der Waals surface area contributed by atoms with Crippen molar-refractivity contribution >= 4 is 35.0 Å². The molecule has 1 aromatic rings. The van der Waals surface area contributed by atoms with Crippen LogP contribution in [0, 0.1) is 11.7 Å². The number of nitrogens with one attached hydrogen (secondary N) is 1. The molecule has 1 saturated heterocycles. The lowest BCUT2D eigenvalue weighted by Crippen LogP contribution is -2.55. The largest absolute Gasteiger partial charge is 0.414 e.